The van der Waals surface area contributed by atoms with Crippen molar-refractivity contribution in [2.45, 2.75) is 34.3 Å². The van der Waals surface area contributed by atoms with Gasteiger partial charge in [0, 0.05) is 10.9 Å². The summed E-state index contributed by atoms with van der Waals surface area (Å²) in [4.78, 5) is 16.2. The maximum Gasteiger partial charge on any atom is 0.311 e. The molecule has 0 unspecified atom stereocenters. The maximum absolute atomic E-state index is 11.7. The first-order valence-electron chi connectivity index (χ1n) is 6.55. The summed E-state index contributed by atoms with van der Waals surface area (Å²) in [7, 11) is 0. The molecule has 0 spiro atoms. The highest BCUT2D eigenvalue weighted by molar-refractivity contribution is 7.09. The molecule has 1 aromatic carbocycles. The second kappa shape index (κ2) is 5.75. The number of ether oxygens (including phenoxy) is 1. The molecule has 1 heterocycles. The summed E-state index contributed by atoms with van der Waals surface area (Å²) in [6.45, 7) is 7.83. The van der Waals surface area contributed by atoms with Crippen LogP contribution in [-0.4, -0.2) is 11.0 Å². The van der Waals surface area contributed by atoms with Crippen molar-refractivity contribution in [3.8, 4) is 11.3 Å². The largest absolute Gasteiger partial charge is 0.458 e. The Kier molecular flexibility index (Phi) is 4.23. The number of nitrogens with zero attached hydrogens (tertiary/aromatic N) is 1. The first-order chi connectivity index (χ1) is 9.36. The number of rotatable bonds is 3. The van der Waals surface area contributed by atoms with Crippen molar-refractivity contribution in [2.24, 2.45) is 5.41 Å². The fourth-order valence-electron chi connectivity index (χ4n) is 1.58. The third-order valence-corrected chi connectivity index (χ3v) is 3.66. The Labute approximate surface area is 123 Å². The predicted octanol–water partition coefficient (Wildman–Crippen LogP) is 4.21. The standard InChI is InChI=1S/C16H19NO2S/c1-11-5-7-12(8-6-11)13-10-20-14(17-13)9-19-15(18)16(2,3)4/h5-8,10H,9H2,1-4H3. The minimum atomic E-state index is -0.475. The highest BCUT2D eigenvalue weighted by atomic mass is 32.1. The van der Waals surface area contributed by atoms with E-state index in [2.05, 4.69) is 36.2 Å². The lowest BCUT2D eigenvalue weighted by molar-refractivity contribution is -0.154. The van der Waals surface area contributed by atoms with Gasteiger partial charge in [0.05, 0.1) is 11.1 Å². The highest BCUT2D eigenvalue weighted by Crippen LogP contribution is 2.23. The van der Waals surface area contributed by atoms with Gasteiger partial charge in [0.15, 0.2) is 0 Å². The van der Waals surface area contributed by atoms with E-state index in [0.717, 1.165) is 16.3 Å². The van der Waals surface area contributed by atoms with Crippen LogP contribution in [-0.2, 0) is 16.1 Å². The van der Waals surface area contributed by atoms with Crippen molar-refractivity contribution < 1.29 is 9.53 Å². The summed E-state index contributed by atoms with van der Waals surface area (Å²) < 4.78 is 5.27. The topological polar surface area (TPSA) is 39.2 Å². The molecule has 0 saturated carbocycles. The van der Waals surface area contributed by atoms with Crippen molar-refractivity contribution in [1.82, 2.24) is 4.98 Å². The summed E-state index contributed by atoms with van der Waals surface area (Å²) in [5.74, 6) is -0.204. The number of carbonyl (C=O) groups excluding carboxylic acids is 1. The number of hydrogen-bond donors (Lipinski definition) is 0. The van der Waals surface area contributed by atoms with Crippen LogP contribution in [0.5, 0.6) is 0 Å². The number of thiazole rings is 1. The summed E-state index contributed by atoms with van der Waals surface area (Å²) in [5, 5.41) is 2.81. The highest BCUT2D eigenvalue weighted by Gasteiger charge is 2.23. The van der Waals surface area contributed by atoms with Gasteiger partial charge in [-0.15, -0.1) is 11.3 Å². The molecule has 2 aromatic rings. The molecule has 0 aliphatic carbocycles. The van der Waals surface area contributed by atoms with E-state index in [1.54, 1.807) is 0 Å². The lowest BCUT2D eigenvalue weighted by Crippen LogP contribution is -2.22. The minimum Gasteiger partial charge on any atom is -0.458 e. The number of aromatic nitrogens is 1. The first kappa shape index (κ1) is 14.7. The fourth-order valence-corrected chi connectivity index (χ4v) is 2.29. The van der Waals surface area contributed by atoms with Crippen molar-refractivity contribution in [2.75, 3.05) is 0 Å². The van der Waals surface area contributed by atoms with Gasteiger partial charge in [-0.2, -0.15) is 0 Å². The van der Waals surface area contributed by atoms with Gasteiger partial charge in [-0.25, -0.2) is 4.98 Å². The van der Waals surface area contributed by atoms with Gasteiger partial charge >= 0.3 is 5.97 Å². The van der Waals surface area contributed by atoms with Crippen LogP contribution < -0.4 is 0 Å². The molecular formula is C16H19NO2S. The van der Waals surface area contributed by atoms with Crippen molar-refractivity contribution in [3.63, 3.8) is 0 Å². The van der Waals surface area contributed by atoms with Gasteiger partial charge in [-0.05, 0) is 27.7 Å². The Morgan fingerprint density at radius 2 is 1.90 bits per heavy atom. The third-order valence-electron chi connectivity index (χ3n) is 2.84. The van der Waals surface area contributed by atoms with E-state index in [1.807, 2.05) is 26.2 Å². The molecular weight excluding hydrogens is 270 g/mol. The minimum absolute atomic E-state index is 0.204. The maximum atomic E-state index is 11.7. The smallest absolute Gasteiger partial charge is 0.311 e. The number of aryl methyl sites for hydroxylation is 1. The third kappa shape index (κ3) is 3.67. The summed E-state index contributed by atoms with van der Waals surface area (Å²) in [5.41, 5.74) is 2.76. The average molecular weight is 289 g/mol. The lowest BCUT2D eigenvalue weighted by atomic mass is 9.97. The lowest BCUT2D eigenvalue weighted by Gasteiger charge is -2.15. The van der Waals surface area contributed by atoms with Crippen molar-refractivity contribution >= 4 is 17.3 Å². The number of esters is 1. The zero-order chi connectivity index (χ0) is 14.8. The molecule has 3 nitrogen and oxygen atoms in total. The molecule has 0 fully saturated rings. The van der Waals surface area contributed by atoms with Crippen LogP contribution in [0.25, 0.3) is 11.3 Å². The molecule has 0 N–H and O–H groups in total. The van der Waals surface area contributed by atoms with Gasteiger partial charge in [0.25, 0.3) is 0 Å². The van der Waals surface area contributed by atoms with E-state index in [1.165, 1.54) is 16.9 Å². The van der Waals surface area contributed by atoms with Crippen LogP contribution in [0.2, 0.25) is 0 Å². The van der Waals surface area contributed by atoms with Crippen molar-refractivity contribution in [1.29, 1.82) is 0 Å². The van der Waals surface area contributed by atoms with Gasteiger partial charge in [0.2, 0.25) is 0 Å². The van der Waals surface area contributed by atoms with Gasteiger partial charge in [-0.3, -0.25) is 4.79 Å². The van der Waals surface area contributed by atoms with Crippen molar-refractivity contribution in [3.05, 3.63) is 40.2 Å². The van der Waals surface area contributed by atoms with E-state index in [-0.39, 0.29) is 12.6 Å². The summed E-state index contributed by atoms with van der Waals surface area (Å²) in [6, 6.07) is 8.23. The van der Waals surface area contributed by atoms with Crippen LogP contribution in [0.15, 0.2) is 29.6 Å². The van der Waals surface area contributed by atoms with E-state index in [4.69, 9.17) is 4.74 Å². The van der Waals surface area contributed by atoms with E-state index < -0.39 is 5.41 Å². The molecule has 2 rings (SSSR count). The Balaban J connectivity index is 2.03. The van der Waals surface area contributed by atoms with Crippen LogP contribution in [0.1, 0.15) is 31.3 Å². The normalized spacial score (nSPS) is 11.4. The molecule has 0 bridgehead atoms. The molecule has 106 valence electrons. The SMILES string of the molecule is Cc1ccc(-c2csc(COC(=O)C(C)(C)C)n2)cc1. The summed E-state index contributed by atoms with van der Waals surface area (Å²) in [6.07, 6.45) is 0. The molecule has 0 aliphatic rings. The zero-order valence-electron chi connectivity index (χ0n) is 12.3. The molecule has 0 atom stereocenters. The molecule has 20 heavy (non-hydrogen) atoms. The predicted molar refractivity (Wildman–Crippen MR) is 81.5 cm³/mol. The van der Waals surface area contributed by atoms with Crippen LogP contribution in [0.3, 0.4) is 0 Å². The monoisotopic (exact) mass is 289 g/mol. The van der Waals surface area contributed by atoms with Crippen LogP contribution in [0, 0.1) is 12.3 Å². The van der Waals surface area contributed by atoms with Gasteiger partial charge in [-0.1, -0.05) is 29.8 Å². The molecule has 0 radical (unpaired) electrons. The molecule has 4 heteroatoms. The average Bonchev–Trinajstić information content (AvgIpc) is 2.84. The second-order valence-electron chi connectivity index (χ2n) is 5.82. The Bertz CT molecular complexity index is 594. The second-order valence-corrected chi connectivity index (χ2v) is 6.76. The Hall–Kier alpha value is -1.68. The van der Waals surface area contributed by atoms with Gasteiger partial charge < -0.3 is 4.74 Å². The zero-order valence-corrected chi connectivity index (χ0v) is 13.1. The van der Waals surface area contributed by atoms with Crippen LogP contribution >= 0.6 is 11.3 Å². The van der Waals surface area contributed by atoms with Gasteiger partial charge in [0.1, 0.15) is 11.6 Å². The number of carbonyl (C=O) groups is 1. The van der Waals surface area contributed by atoms with E-state index >= 15 is 0 Å². The number of benzene rings is 1. The first-order valence-corrected chi connectivity index (χ1v) is 7.43. The van der Waals surface area contributed by atoms with Crippen LogP contribution in [0.4, 0.5) is 0 Å². The molecule has 1 aromatic heterocycles. The fraction of sp³-hybridized carbons (Fsp3) is 0.375. The van der Waals surface area contributed by atoms with E-state index in [9.17, 15) is 4.79 Å². The summed E-state index contributed by atoms with van der Waals surface area (Å²) >= 11 is 1.51. The molecule has 0 saturated heterocycles. The molecule has 0 aliphatic heterocycles. The van der Waals surface area contributed by atoms with E-state index in [0.29, 0.717) is 0 Å². The number of hydrogen-bond acceptors (Lipinski definition) is 4. The quantitative estimate of drug-likeness (QED) is 0.795. The Morgan fingerprint density at radius 3 is 2.50 bits per heavy atom. The molecule has 0 amide bonds. The Morgan fingerprint density at radius 1 is 1.25 bits per heavy atom.